The highest BCUT2D eigenvalue weighted by atomic mass is 35.5. The number of rotatable bonds is 5. The molecule has 0 saturated heterocycles. The van der Waals surface area contributed by atoms with Crippen LogP contribution in [0.1, 0.15) is 22.2 Å². The molecule has 1 aromatic carbocycles. The molecule has 0 aliphatic carbocycles. The van der Waals surface area contributed by atoms with Crippen molar-refractivity contribution >= 4 is 46.4 Å². The van der Waals surface area contributed by atoms with Crippen LogP contribution in [0.2, 0.25) is 10.0 Å². The Morgan fingerprint density at radius 3 is 2.65 bits per heavy atom. The fourth-order valence-corrected chi connectivity index (χ4v) is 3.20. The summed E-state index contributed by atoms with van der Waals surface area (Å²) in [7, 11) is 1.71. The number of nitrogens with zero attached hydrogens (tertiary/aromatic N) is 1. The van der Waals surface area contributed by atoms with E-state index in [2.05, 4.69) is 5.32 Å². The highest BCUT2D eigenvalue weighted by Crippen LogP contribution is 2.25. The van der Waals surface area contributed by atoms with Crippen LogP contribution in [0.4, 0.5) is 0 Å². The summed E-state index contributed by atoms with van der Waals surface area (Å²) in [6, 6.07) is 8.04. The molecule has 1 N–H and O–H groups in total. The summed E-state index contributed by atoms with van der Waals surface area (Å²) >= 11 is 13.5. The van der Waals surface area contributed by atoms with Crippen LogP contribution >= 0.6 is 34.5 Å². The standard InChI is InChI=1S/C16H16Cl2N2O2S/c1-10(16(22)20(2)9-11-5-4-8-23-11)19-15(21)12-6-3-7-13(17)14(12)18/h3-8,10H,9H2,1-2H3,(H,19,21). The van der Waals surface area contributed by atoms with Crippen molar-refractivity contribution in [3.8, 4) is 0 Å². The van der Waals surface area contributed by atoms with Gasteiger partial charge in [0.15, 0.2) is 0 Å². The average Bonchev–Trinajstić information content (AvgIpc) is 3.01. The largest absolute Gasteiger partial charge is 0.340 e. The zero-order chi connectivity index (χ0) is 17.0. The van der Waals surface area contributed by atoms with Gasteiger partial charge in [-0.05, 0) is 30.5 Å². The lowest BCUT2D eigenvalue weighted by Gasteiger charge is -2.21. The number of halogens is 2. The third kappa shape index (κ3) is 4.47. The molecule has 23 heavy (non-hydrogen) atoms. The van der Waals surface area contributed by atoms with Gasteiger partial charge in [-0.3, -0.25) is 9.59 Å². The van der Waals surface area contributed by atoms with Gasteiger partial charge in [0.2, 0.25) is 5.91 Å². The van der Waals surface area contributed by atoms with E-state index in [1.165, 1.54) is 0 Å². The quantitative estimate of drug-likeness (QED) is 0.869. The Morgan fingerprint density at radius 2 is 2.00 bits per heavy atom. The lowest BCUT2D eigenvalue weighted by atomic mass is 10.2. The third-order valence-corrected chi connectivity index (χ3v) is 4.94. The van der Waals surface area contributed by atoms with Crippen molar-refractivity contribution in [2.24, 2.45) is 0 Å². The predicted molar refractivity (Wildman–Crippen MR) is 94.2 cm³/mol. The van der Waals surface area contributed by atoms with Gasteiger partial charge in [-0.2, -0.15) is 0 Å². The second kappa shape index (κ2) is 7.81. The number of likely N-dealkylation sites (N-methyl/N-ethyl adjacent to an activating group) is 1. The molecule has 122 valence electrons. The summed E-state index contributed by atoms with van der Waals surface area (Å²) in [5.41, 5.74) is 0.250. The Morgan fingerprint density at radius 1 is 1.26 bits per heavy atom. The van der Waals surface area contributed by atoms with Crippen molar-refractivity contribution in [1.29, 1.82) is 0 Å². The summed E-state index contributed by atoms with van der Waals surface area (Å²) < 4.78 is 0. The van der Waals surface area contributed by atoms with Crippen molar-refractivity contribution in [2.75, 3.05) is 7.05 Å². The van der Waals surface area contributed by atoms with Gasteiger partial charge < -0.3 is 10.2 Å². The Bertz CT molecular complexity index is 704. The molecular weight excluding hydrogens is 355 g/mol. The van der Waals surface area contributed by atoms with Crippen molar-refractivity contribution in [3.63, 3.8) is 0 Å². The van der Waals surface area contributed by atoms with E-state index in [0.717, 1.165) is 4.88 Å². The minimum Gasteiger partial charge on any atom is -0.340 e. The number of hydrogen-bond acceptors (Lipinski definition) is 3. The number of benzene rings is 1. The van der Waals surface area contributed by atoms with E-state index in [1.807, 2.05) is 17.5 Å². The number of amides is 2. The predicted octanol–water partition coefficient (Wildman–Crippen LogP) is 3.83. The molecule has 0 aliphatic rings. The molecule has 0 aliphatic heterocycles. The van der Waals surface area contributed by atoms with Gasteiger partial charge in [0.1, 0.15) is 6.04 Å². The molecule has 1 atom stereocenters. The normalized spacial score (nSPS) is 11.8. The summed E-state index contributed by atoms with van der Waals surface area (Å²) in [6.07, 6.45) is 0. The van der Waals surface area contributed by atoms with Crippen LogP contribution in [0.5, 0.6) is 0 Å². The summed E-state index contributed by atoms with van der Waals surface area (Å²) in [4.78, 5) is 27.3. The Kier molecular flexibility index (Phi) is 6.04. The monoisotopic (exact) mass is 370 g/mol. The minimum atomic E-state index is -0.664. The van der Waals surface area contributed by atoms with Crippen LogP contribution in [0.3, 0.4) is 0 Å². The fraction of sp³-hybridized carbons (Fsp3) is 0.250. The first-order valence-corrected chi connectivity index (χ1v) is 8.56. The maximum Gasteiger partial charge on any atom is 0.253 e. The van der Waals surface area contributed by atoms with Gasteiger partial charge in [0.05, 0.1) is 22.2 Å². The maximum absolute atomic E-state index is 12.3. The summed E-state index contributed by atoms with van der Waals surface area (Å²) in [5.74, 6) is -0.604. The van der Waals surface area contributed by atoms with E-state index in [1.54, 1.807) is 48.4 Å². The zero-order valence-electron chi connectivity index (χ0n) is 12.7. The Hall–Kier alpha value is -1.56. The van der Waals surface area contributed by atoms with Gasteiger partial charge in [0.25, 0.3) is 5.91 Å². The van der Waals surface area contributed by atoms with Crippen LogP contribution < -0.4 is 5.32 Å². The van der Waals surface area contributed by atoms with Gasteiger partial charge in [-0.15, -0.1) is 11.3 Å². The fourth-order valence-electron chi connectivity index (χ4n) is 2.06. The van der Waals surface area contributed by atoms with Crippen molar-refractivity contribution < 1.29 is 9.59 Å². The van der Waals surface area contributed by atoms with Crippen molar-refractivity contribution in [3.05, 3.63) is 56.2 Å². The molecular formula is C16H16Cl2N2O2S. The molecule has 0 bridgehead atoms. The minimum absolute atomic E-state index is 0.176. The maximum atomic E-state index is 12.3. The summed E-state index contributed by atoms with van der Waals surface area (Å²) in [6.45, 7) is 2.15. The van der Waals surface area contributed by atoms with E-state index in [9.17, 15) is 9.59 Å². The van der Waals surface area contributed by atoms with Gasteiger partial charge >= 0.3 is 0 Å². The smallest absolute Gasteiger partial charge is 0.253 e. The second-order valence-electron chi connectivity index (χ2n) is 5.07. The zero-order valence-corrected chi connectivity index (χ0v) is 15.0. The molecule has 0 radical (unpaired) electrons. The topological polar surface area (TPSA) is 49.4 Å². The van der Waals surface area contributed by atoms with E-state index in [4.69, 9.17) is 23.2 Å². The highest BCUT2D eigenvalue weighted by Gasteiger charge is 2.22. The molecule has 4 nitrogen and oxygen atoms in total. The van der Waals surface area contributed by atoms with Crippen LogP contribution in [0, 0.1) is 0 Å². The molecule has 1 aromatic heterocycles. The van der Waals surface area contributed by atoms with Gasteiger partial charge in [0, 0.05) is 11.9 Å². The lowest BCUT2D eigenvalue weighted by Crippen LogP contribution is -2.45. The van der Waals surface area contributed by atoms with E-state index < -0.39 is 11.9 Å². The number of hydrogen-bond donors (Lipinski definition) is 1. The van der Waals surface area contributed by atoms with Crippen molar-refractivity contribution in [1.82, 2.24) is 10.2 Å². The van der Waals surface area contributed by atoms with Crippen LogP contribution in [-0.4, -0.2) is 29.8 Å². The average molecular weight is 371 g/mol. The van der Waals surface area contributed by atoms with Crippen LogP contribution in [-0.2, 0) is 11.3 Å². The number of thiophene rings is 1. The van der Waals surface area contributed by atoms with Gasteiger partial charge in [-0.25, -0.2) is 0 Å². The number of carbonyl (C=O) groups is 2. The van der Waals surface area contributed by atoms with E-state index in [0.29, 0.717) is 11.6 Å². The van der Waals surface area contributed by atoms with Crippen LogP contribution in [0.15, 0.2) is 35.7 Å². The molecule has 2 rings (SSSR count). The number of nitrogens with one attached hydrogen (secondary N) is 1. The second-order valence-corrected chi connectivity index (χ2v) is 6.89. The van der Waals surface area contributed by atoms with E-state index in [-0.39, 0.29) is 16.5 Å². The molecule has 0 spiro atoms. The molecule has 0 fully saturated rings. The first-order valence-electron chi connectivity index (χ1n) is 6.92. The Labute approximate surface area is 149 Å². The van der Waals surface area contributed by atoms with E-state index >= 15 is 0 Å². The molecule has 2 amide bonds. The van der Waals surface area contributed by atoms with Crippen LogP contribution in [0.25, 0.3) is 0 Å². The van der Waals surface area contributed by atoms with Gasteiger partial charge in [-0.1, -0.05) is 35.3 Å². The lowest BCUT2D eigenvalue weighted by molar-refractivity contribution is -0.132. The summed E-state index contributed by atoms with van der Waals surface area (Å²) in [5, 5.41) is 5.09. The molecule has 0 saturated carbocycles. The molecule has 2 aromatic rings. The first kappa shape index (κ1) is 17.8. The third-order valence-electron chi connectivity index (χ3n) is 3.26. The number of carbonyl (C=O) groups excluding carboxylic acids is 2. The molecule has 7 heteroatoms. The Balaban J connectivity index is 2.00. The highest BCUT2D eigenvalue weighted by molar-refractivity contribution is 7.09. The SMILES string of the molecule is CC(NC(=O)c1cccc(Cl)c1Cl)C(=O)N(C)Cc1cccs1. The first-order chi connectivity index (χ1) is 10.9. The molecule has 1 unspecified atom stereocenters. The van der Waals surface area contributed by atoms with Crippen molar-refractivity contribution in [2.45, 2.75) is 19.5 Å². The molecule has 1 heterocycles.